The summed E-state index contributed by atoms with van der Waals surface area (Å²) in [5.41, 5.74) is 2.60. The van der Waals surface area contributed by atoms with Gasteiger partial charge in [-0.2, -0.15) is 0 Å². The van der Waals surface area contributed by atoms with E-state index in [9.17, 15) is 0 Å². The lowest BCUT2D eigenvalue weighted by molar-refractivity contribution is 0.411. The molecule has 1 aromatic carbocycles. The van der Waals surface area contributed by atoms with Crippen molar-refractivity contribution in [3.63, 3.8) is 0 Å². The maximum atomic E-state index is 6.11. The highest BCUT2D eigenvalue weighted by molar-refractivity contribution is 6.31. The highest BCUT2D eigenvalue weighted by Gasteiger charge is 2.16. The number of nitrogens with one attached hydrogen (secondary N) is 1. The summed E-state index contributed by atoms with van der Waals surface area (Å²) in [4.78, 5) is 0. The van der Waals surface area contributed by atoms with Crippen LogP contribution in [0.2, 0.25) is 5.02 Å². The van der Waals surface area contributed by atoms with E-state index in [0.29, 0.717) is 6.04 Å². The predicted octanol–water partition coefficient (Wildman–Crippen LogP) is 3.46. The Morgan fingerprint density at radius 1 is 1.36 bits per heavy atom. The van der Waals surface area contributed by atoms with Crippen LogP contribution in [0.4, 0.5) is 0 Å². The summed E-state index contributed by atoms with van der Waals surface area (Å²) in [5, 5.41) is 4.43. The zero-order valence-corrected chi connectivity index (χ0v) is 9.27. The van der Waals surface area contributed by atoms with E-state index in [1.165, 1.54) is 30.4 Å². The second kappa shape index (κ2) is 4.33. The van der Waals surface area contributed by atoms with Crippen LogP contribution in [-0.4, -0.2) is 6.54 Å². The van der Waals surface area contributed by atoms with Crippen molar-refractivity contribution in [1.29, 1.82) is 0 Å². The molecule has 0 amide bonds. The molecule has 2 heteroatoms. The molecule has 0 spiro atoms. The molecule has 2 rings (SSSR count). The number of hydrogen-bond donors (Lipinski definition) is 1. The Balaban J connectivity index is 2.26. The molecule has 0 radical (unpaired) electrons. The normalized spacial score (nSPS) is 22.3. The minimum Gasteiger partial charge on any atom is -0.310 e. The van der Waals surface area contributed by atoms with Crippen LogP contribution in [0, 0.1) is 6.92 Å². The van der Waals surface area contributed by atoms with Crippen molar-refractivity contribution in [1.82, 2.24) is 5.32 Å². The quantitative estimate of drug-likeness (QED) is 0.747. The topological polar surface area (TPSA) is 12.0 Å². The fraction of sp³-hybridized carbons (Fsp3) is 0.500. The van der Waals surface area contributed by atoms with Crippen LogP contribution in [0.1, 0.15) is 36.4 Å². The average molecular weight is 210 g/mol. The van der Waals surface area contributed by atoms with Gasteiger partial charge in [-0.3, -0.25) is 0 Å². The van der Waals surface area contributed by atoms with E-state index in [0.717, 1.165) is 11.6 Å². The maximum absolute atomic E-state index is 6.11. The van der Waals surface area contributed by atoms with Crippen LogP contribution in [0.5, 0.6) is 0 Å². The average Bonchev–Trinajstić information content (AvgIpc) is 2.23. The summed E-state index contributed by atoms with van der Waals surface area (Å²) in [6.07, 6.45) is 3.86. The van der Waals surface area contributed by atoms with Crippen molar-refractivity contribution in [3.8, 4) is 0 Å². The summed E-state index contributed by atoms with van der Waals surface area (Å²) >= 11 is 6.11. The van der Waals surface area contributed by atoms with Crippen LogP contribution < -0.4 is 5.32 Å². The number of piperidine rings is 1. The molecule has 1 N–H and O–H groups in total. The van der Waals surface area contributed by atoms with Crippen LogP contribution in [0.15, 0.2) is 18.2 Å². The van der Waals surface area contributed by atoms with Gasteiger partial charge in [-0.25, -0.2) is 0 Å². The van der Waals surface area contributed by atoms with Crippen LogP contribution in [-0.2, 0) is 0 Å². The van der Waals surface area contributed by atoms with E-state index in [1.807, 2.05) is 12.1 Å². The van der Waals surface area contributed by atoms with Gasteiger partial charge in [0.2, 0.25) is 0 Å². The van der Waals surface area contributed by atoms with E-state index in [4.69, 9.17) is 11.6 Å². The standard InChI is InChI=1S/C12H16ClN/c1-9-10(5-4-6-11(9)13)12-7-2-3-8-14-12/h4-6,12,14H,2-3,7-8H2,1H3. The van der Waals surface area contributed by atoms with Crippen molar-refractivity contribution in [2.24, 2.45) is 0 Å². The molecule has 1 aliphatic rings. The molecule has 1 unspecified atom stereocenters. The summed E-state index contributed by atoms with van der Waals surface area (Å²) in [5.74, 6) is 0. The first-order valence-corrected chi connectivity index (χ1v) is 5.65. The van der Waals surface area contributed by atoms with Gasteiger partial charge in [0.1, 0.15) is 0 Å². The summed E-state index contributed by atoms with van der Waals surface area (Å²) in [6.45, 7) is 3.24. The molecular weight excluding hydrogens is 194 g/mol. The lowest BCUT2D eigenvalue weighted by atomic mass is 9.94. The Bertz CT molecular complexity index is 316. The fourth-order valence-corrected chi connectivity index (χ4v) is 2.30. The van der Waals surface area contributed by atoms with Crippen molar-refractivity contribution in [2.45, 2.75) is 32.2 Å². The first-order valence-electron chi connectivity index (χ1n) is 5.27. The second-order valence-electron chi connectivity index (χ2n) is 3.96. The maximum Gasteiger partial charge on any atom is 0.0438 e. The number of hydrogen-bond acceptors (Lipinski definition) is 1. The van der Waals surface area contributed by atoms with Gasteiger partial charge in [0.05, 0.1) is 0 Å². The van der Waals surface area contributed by atoms with Gasteiger partial charge in [-0.1, -0.05) is 30.2 Å². The zero-order valence-electron chi connectivity index (χ0n) is 8.52. The summed E-state index contributed by atoms with van der Waals surface area (Å²) in [6, 6.07) is 6.71. The molecular formula is C12H16ClN. The van der Waals surface area contributed by atoms with Crippen molar-refractivity contribution in [3.05, 3.63) is 34.3 Å². The van der Waals surface area contributed by atoms with Crippen molar-refractivity contribution in [2.75, 3.05) is 6.54 Å². The van der Waals surface area contributed by atoms with Crippen LogP contribution in [0.25, 0.3) is 0 Å². The van der Waals surface area contributed by atoms with Gasteiger partial charge >= 0.3 is 0 Å². The highest BCUT2D eigenvalue weighted by atomic mass is 35.5. The molecule has 1 aromatic rings. The van der Waals surface area contributed by atoms with Gasteiger partial charge in [-0.05, 0) is 43.5 Å². The van der Waals surface area contributed by atoms with Gasteiger partial charge < -0.3 is 5.32 Å². The molecule has 1 aliphatic heterocycles. The van der Waals surface area contributed by atoms with E-state index < -0.39 is 0 Å². The molecule has 0 aliphatic carbocycles. The smallest absolute Gasteiger partial charge is 0.0438 e. The molecule has 0 bridgehead atoms. The summed E-state index contributed by atoms with van der Waals surface area (Å²) in [7, 11) is 0. The Labute approximate surface area is 90.5 Å². The minimum absolute atomic E-state index is 0.516. The van der Waals surface area contributed by atoms with Gasteiger partial charge in [0.25, 0.3) is 0 Å². The molecule has 0 saturated carbocycles. The molecule has 1 nitrogen and oxygen atoms in total. The van der Waals surface area contributed by atoms with E-state index in [1.54, 1.807) is 0 Å². The van der Waals surface area contributed by atoms with Gasteiger partial charge in [0, 0.05) is 11.1 Å². The highest BCUT2D eigenvalue weighted by Crippen LogP contribution is 2.28. The number of halogens is 1. The van der Waals surface area contributed by atoms with Crippen LogP contribution in [0.3, 0.4) is 0 Å². The van der Waals surface area contributed by atoms with Crippen LogP contribution >= 0.6 is 11.6 Å². The zero-order chi connectivity index (χ0) is 9.97. The van der Waals surface area contributed by atoms with E-state index in [-0.39, 0.29) is 0 Å². The Morgan fingerprint density at radius 3 is 2.93 bits per heavy atom. The third kappa shape index (κ3) is 1.94. The molecule has 14 heavy (non-hydrogen) atoms. The Kier molecular flexibility index (Phi) is 3.09. The molecule has 76 valence electrons. The minimum atomic E-state index is 0.516. The SMILES string of the molecule is Cc1c(Cl)cccc1C1CCCCN1. The molecule has 1 heterocycles. The lowest BCUT2D eigenvalue weighted by Crippen LogP contribution is -2.27. The Hall–Kier alpha value is -0.530. The lowest BCUT2D eigenvalue weighted by Gasteiger charge is -2.25. The van der Waals surface area contributed by atoms with Crippen molar-refractivity contribution < 1.29 is 0 Å². The molecule has 0 aromatic heterocycles. The number of benzene rings is 1. The molecule has 1 saturated heterocycles. The van der Waals surface area contributed by atoms with Crippen molar-refractivity contribution >= 4 is 11.6 Å². The largest absolute Gasteiger partial charge is 0.310 e. The third-order valence-corrected chi connectivity index (χ3v) is 3.40. The molecule has 1 atom stereocenters. The van der Waals surface area contributed by atoms with Gasteiger partial charge in [-0.15, -0.1) is 0 Å². The number of rotatable bonds is 1. The van der Waals surface area contributed by atoms with Gasteiger partial charge in [0.15, 0.2) is 0 Å². The monoisotopic (exact) mass is 209 g/mol. The predicted molar refractivity (Wildman–Crippen MR) is 60.8 cm³/mol. The first-order chi connectivity index (χ1) is 6.79. The second-order valence-corrected chi connectivity index (χ2v) is 4.36. The molecule has 1 fully saturated rings. The fourth-order valence-electron chi connectivity index (χ4n) is 2.12. The first kappa shape index (κ1) is 10.0. The summed E-state index contributed by atoms with van der Waals surface area (Å²) < 4.78 is 0. The Morgan fingerprint density at radius 2 is 2.21 bits per heavy atom. The third-order valence-electron chi connectivity index (χ3n) is 3.00. The van der Waals surface area contributed by atoms with E-state index in [2.05, 4.69) is 18.3 Å². The van der Waals surface area contributed by atoms with E-state index >= 15 is 0 Å².